The number of rotatable bonds is 8. The summed E-state index contributed by atoms with van der Waals surface area (Å²) >= 11 is 6.46. The molecular formula is C18H16ClN3O9S. The highest BCUT2D eigenvalue weighted by Crippen LogP contribution is 2.33. The number of esters is 3. The molecule has 14 heteroatoms. The van der Waals surface area contributed by atoms with Crippen molar-refractivity contribution in [1.82, 2.24) is 5.32 Å². The SMILES string of the molecule is COC(=O)c1sc(N)c(C(=O)OC)c1COC(=O)CNC(=O)c1ccc(Cl)c([N+](=O)[O-])c1. The van der Waals surface area contributed by atoms with E-state index in [0.29, 0.717) is 0 Å². The zero-order valence-electron chi connectivity index (χ0n) is 16.6. The average molecular weight is 486 g/mol. The number of thiophene rings is 1. The number of carbonyl (C=O) groups excluding carboxylic acids is 4. The second-order valence-electron chi connectivity index (χ2n) is 5.90. The Morgan fingerprint density at radius 1 is 1.19 bits per heavy atom. The monoisotopic (exact) mass is 485 g/mol. The van der Waals surface area contributed by atoms with Gasteiger partial charge in [0.1, 0.15) is 33.6 Å². The van der Waals surface area contributed by atoms with E-state index in [2.05, 4.69) is 14.8 Å². The van der Waals surface area contributed by atoms with Gasteiger partial charge in [-0.05, 0) is 12.1 Å². The molecule has 0 aliphatic carbocycles. The van der Waals surface area contributed by atoms with Crippen molar-refractivity contribution in [2.24, 2.45) is 0 Å². The first-order valence-corrected chi connectivity index (χ1v) is 9.75. The van der Waals surface area contributed by atoms with Crippen molar-refractivity contribution in [1.29, 1.82) is 0 Å². The van der Waals surface area contributed by atoms with Gasteiger partial charge in [0.05, 0.1) is 19.1 Å². The number of nitrogens with zero attached hydrogens (tertiary/aromatic N) is 1. The summed E-state index contributed by atoms with van der Waals surface area (Å²) in [4.78, 5) is 58.3. The van der Waals surface area contributed by atoms with Crippen LogP contribution in [0, 0.1) is 10.1 Å². The van der Waals surface area contributed by atoms with Gasteiger partial charge in [-0.3, -0.25) is 19.7 Å². The maximum Gasteiger partial charge on any atom is 0.348 e. The first-order chi connectivity index (χ1) is 15.1. The smallest absolute Gasteiger partial charge is 0.348 e. The highest BCUT2D eigenvalue weighted by Gasteiger charge is 2.28. The fourth-order valence-electron chi connectivity index (χ4n) is 2.46. The second-order valence-corrected chi connectivity index (χ2v) is 7.36. The van der Waals surface area contributed by atoms with Crippen LogP contribution in [-0.4, -0.2) is 49.5 Å². The van der Waals surface area contributed by atoms with Crippen LogP contribution in [0.4, 0.5) is 10.7 Å². The van der Waals surface area contributed by atoms with E-state index in [1.807, 2.05) is 0 Å². The minimum Gasteiger partial charge on any atom is -0.465 e. The predicted octanol–water partition coefficient (Wildman–Crippen LogP) is 1.94. The molecule has 0 unspecified atom stereocenters. The van der Waals surface area contributed by atoms with Gasteiger partial charge in [-0.15, -0.1) is 11.3 Å². The van der Waals surface area contributed by atoms with Crippen LogP contribution in [0.1, 0.15) is 36.0 Å². The molecule has 0 fully saturated rings. The summed E-state index contributed by atoms with van der Waals surface area (Å²) < 4.78 is 14.3. The molecule has 0 atom stereocenters. The molecule has 12 nitrogen and oxygen atoms in total. The summed E-state index contributed by atoms with van der Waals surface area (Å²) in [5.74, 6) is -3.33. The predicted molar refractivity (Wildman–Crippen MR) is 112 cm³/mol. The number of nitrogens with two attached hydrogens (primary N) is 1. The first kappa shape index (κ1) is 24.6. The molecule has 0 saturated heterocycles. The zero-order valence-corrected chi connectivity index (χ0v) is 18.2. The van der Waals surface area contributed by atoms with Crippen molar-refractivity contribution in [2.75, 3.05) is 26.5 Å². The Morgan fingerprint density at radius 2 is 1.84 bits per heavy atom. The van der Waals surface area contributed by atoms with Crippen molar-refractivity contribution in [3.05, 3.63) is 54.9 Å². The van der Waals surface area contributed by atoms with Gasteiger partial charge in [0.2, 0.25) is 0 Å². The highest BCUT2D eigenvalue weighted by atomic mass is 35.5. The lowest BCUT2D eigenvalue weighted by Crippen LogP contribution is -2.30. The number of nitrogen functional groups attached to an aromatic ring is 1. The van der Waals surface area contributed by atoms with Crippen molar-refractivity contribution < 1.29 is 38.3 Å². The third kappa shape index (κ3) is 5.50. The molecule has 1 amide bonds. The van der Waals surface area contributed by atoms with E-state index in [1.165, 1.54) is 12.1 Å². The van der Waals surface area contributed by atoms with Gasteiger partial charge in [-0.2, -0.15) is 0 Å². The van der Waals surface area contributed by atoms with E-state index in [9.17, 15) is 29.3 Å². The minimum atomic E-state index is -0.918. The Morgan fingerprint density at radius 3 is 2.44 bits per heavy atom. The molecule has 1 aromatic heterocycles. The van der Waals surface area contributed by atoms with Gasteiger partial charge in [0.15, 0.2) is 0 Å². The lowest BCUT2D eigenvalue weighted by atomic mass is 10.1. The maximum atomic E-state index is 12.2. The number of hydrogen-bond donors (Lipinski definition) is 2. The van der Waals surface area contributed by atoms with E-state index in [-0.39, 0.29) is 31.6 Å². The molecule has 3 N–H and O–H groups in total. The number of hydrogen-bond acceptors (Lipinski definition) is 11. The molecule has 2 aromatic rings. The fourth-order valence-corrected chi connectivity index (χ4v) is 3.62. The van der Waals surface area contributed by atoms with E-state index < -0.39 is 47.6 Å². The number of carbonyl (C=O) groups is 4. The highest BCUT2D eigenvalue weighted by molar-refractivity contribution is 7.18. The zero-order chi connectivity index (χ0) is 24.0. The van der Waals surface area contributed by atoms with Crippen LogP contribution < -0.4 is 11.1 Å². The molecule has 2 rings (SSSR count). The molecule has 1 heterocycles. The number of amides is 1. The summed E-state index contributed by atoms with van der Waals surface area (Å²) in [5.41, 5.74) is 5.08. The number of nitrogens with one attached hydrogen (secondary N) is 1. The van der Waals surface area contributed by atoms with Crippen molar-refractivity contribution in [3.8, 4) is 0 Å². The van der Waals surface area contributed by atoms with Gasteiger partial charge in [-0.25, -0.2) is 9.59 Å². The lowest BCUT2D eigenvalue weighted by molar-refractivity contribution is -0.384. The number of benzene rings is 1. The van der Waals surface area contributed by atoms with E-state index in [4.69, 9.17) is 22.1 Å². The topological polar surface area (TPSA) is 177 Å². The van der Waals surface area contributed by atoms with Crippen LogP contribution in [0.3, 0.4) is 0 Å². The number of nitro groups is 1. The molecule has 0 radical (unpaired) electrons. The van der Waals surface area contributed by atoms with Crippen LogP contribution in [0.5, 0.6) is 0 Å². The number of nitro benzene ring substituents is 1. The number of ether oxygens (including phenoxy) is 3. The molecule has 0 saturated carbocycles. The Labute approximate surface area is 189 Å². The van der Waals surface area contributed by atoms with Crippen LogP contribution in [0.2, 0.25) is 5.02 Å². The van der Waals surface area contributed by atoms with E-state index in [0.717, 1.165) is 31.6 Å². The van der Waals surface area contributed by atoms with Gasteiger partial charge in [-0.1, -0.05) is 11.6 Å². The van der Waals surface area contributed by atoms with Gasteiger partial charge < -0.3 is 25.3 Å². The van der Waals surface area contributed by atoms with Crippen molar-refractivity contribution in [3.63, 3.8) is 0 Å². The van der Waals surface area contributed by atoms with E-state index >= 15 is 0 Å². The first-order valence-electron chi connectivity index (χ1n) is 8.56. The molecule has 0 bridgehead atoms. The maximum absolute atomic E-state index is 12.2. The van der Waals surface area contributed by atoms with Crippen LogP contribution in [0.15, 0.2) is 18.2 Å². The quantitative estimate of drug-likeness (QED) is 0.243. The Hall–Kier alpha value is -3.71. The van der Waals surface area contributed by atoms with Crippen LogP contribution in [0.25, 0.3) is 0 Å². The molecule has 0 aliphatic heterocycles. The Bertz CT molecular complexity index is 1100. The van der Waals surface area contributed by atoms with Crippen LogP contribution >= 0.6 is 22.9 Å². The molecular weight excluding hydrogens is 470 g/mol. The second kappa shape index (κ2) is 10.5. The van der Waals surface area contributed by atoms with Crippen molar-refractivity contribution in [2.45, 2.75) is 6.61 Å². The summed E-state index contributed by atoms with van der Waals surface area (Å²) in [6.45, 7) is -1.13. The largest absolute Gasteiger partial charge is 0.465 e. The fraction of sp³-hybridized carbons (Fsp3) is 0.222. The summed E-state index contributed by atoms with van der Waals surface area (Å²) in [7, 11) is 2.24. The van der Waals surface area contributed by atoms with Crippen molar-refractivity contribution >= 4 is 57.4 Å². The van der Waals surface area contributed by atoms with Gasteiger partial charge in [0, 0.05) is 17.2 Å². The Kier molecular flexibility index (Phi) is 8.09. The summed E-state index contributed by atoms with van der Waals surface area (Å²) in [6, 6.07) is 3.38. The van der Waals surface area contributed by atoms with E-state index in [1.54, 1.807) is 0 Å². The standard InChI is InChI=1S/C18H16ClN3O9S/c1-29-17(25)13-9(14(18(26)30-2)32-15(13)20)7-31-12(23)6-21-16(24)8-3-4-10(19)11(5-8)22(27)28/h3-5H,6-7,20H2,1-2H3,(H,21,24). The number of methoxy groups -OCH3 is 2. The molecule has 170 valence electrons. The average Bonchev–Trinajstić information content (AvgIpc) is 3.10. The summed E-state index contributed by atoms with van der Waals surface area (Å²) in [5, 5.41) is 13.0. The van der Waals surface area contributed by atoms with Gasteiger partial charge in [0.25, 0.3) is 11.6 Å². The third-order valence-electron chi connectivity index (χ3n) is 3.97. The van der Waals surface area contributed by atoms with Crippen LogP contribution in [-0.2, 0) is 25.6 Å². The molecule has 0 aliphatic rings. The third-order valence-corrected chi connectivity index (χ3v) is 5.33. The molecule has 32 heavy (non-hydrogen) atoms. The normalized spacial score (nSPS) is 10.2. The number of halogens is 1. The summed E-state index contributed by atoms with van der Waals surface area (Å²) in [6.07, 6.45) is 0. The minimum absolute atomic E-state index is 0.000738. The molecule has 0 spiro atoms. The molecule has 1 aromatic carbocycles. The number of anilines is 1. The Balaban J connectivity index is 2.08. The lowest BCUT2D eigenvalue weighted by Gasteiger charge is -2.09. The van der Waals surface area contributed by atoms with Gasteiger partial charge >= 0.3 is 17.9 Å².